The maximum atomic E-state index is 5.73. The van der Waals surface area contributed by atoms with Crippen molar-refractivity contribution >= 4 is 22.8 Å². The van der Waals surface area contributed by atoms with E-state index in [1.165, 1.54) is 0 Å². The van der Waals surface area contributed by atoms with Crippen LogP contribution in [0.3, 0.4) is 0 Å². The molecular formula is C18H14N6. The van der Waals surface area contributed by atoms with Gasteiger partial charge in [-0.1, -0.05) is 48.5 Å². The van der Waals surface area contributed by atoms with Crippen LogP contribution in [0.4, 0.5) is 11.9 Å². The number of nitrogens with zero attached hydrogens (tertiary/aromatic N) is 4. The fraction of sp³-hybridized carbons (Fsp3) is 0. The van der Waals surface area contributed by atoms with Crippen molar-refractivity contribution in [2.24, 2.45) is 0 Å². The molecule has 0 radical (unpaired) electrons. The Labute approximate surface area is 138 Å². The second-order valence-corrected chi connectivity index (χ2v) is 5.31. The second kappa shape index (κ2) is 5.58. The fourth-order valence-electron chi connectivity index (χ4n) is 2.65. The molecule has 4 N–H and O–H groups in total. The van der Waals surface area contributed by atoms with Crippen molar-refractivity contribution in [2.45, 2.75) is 0 Å². The molecular weight excluding hydrogens is 300 g/mol. The molecule has 116 valence electrons. The summed E-state index contributed by atoms with van der Waals surface area (Å²) in [6.45, 7) is 0. The highest BCUT2D eigenvalue weighted by atomic mass is 15.1. The number of pyridine rings is 1. The molecule has 0 unspecified atom stereocenters. The van der Waals surface area contributed by atoms with Crippen LogP contribution < -0.4 is 11.5 Å². The van der Waals surface area contributed by atoms with Gasteiger partial charge in [-0.2, -0.15) is 15.0 Å². The molecule has 0 aliphatic heterocycles. The van der Waals surface area contributed by atoms with Crippen LogP contribution in [0.15, 0.2) is 60.7 Å². The Balaban J connectivity index is 2.03. The highest BCUT2D eigenvalue weighted by Gasteiger charge is 2.12. The summed E-state index contributed by atoms with van der Waals surface area (Å²) in [5.41, 5.74) is 15.0. The van der Waals surface area contributed by atoms with Crippen molar-refractivity contribution in [2.75, 3.05) is 11.5 Å². The average Bonchev–Trinajstić information content (AvgIpc) is 2.60. The first-order chi connectivity index (χ1) is 11.7. The van der Waals surface area contributed by atoms with E-state index in [0.29, 0.717) is 5.82 Å². The molecule has 6 nitrogen and oxygen atoms in total. The Morgan fingerprint density at radius 2 is 1.33 bits per heavy atom. The normalized spacial score (nSPS) is 10.8. The molecule has 2 aromatic carbocycles. The topological polar surface area (TPSA) is 104 Å². The maximum Gasteiger partial charge on any atom is 0.225 e. The monoisotopic (exact) mass is 314 g/mol. The minimum Gasteiger partial charge on any atom is -0.368 e. The van der Waals surface area contributed by atoms with Crippen LogP contribution in [0.25, 0.3) is 33.5 Å². The molecule has 2 aromatic heterocycles. The van der Waals surface area contributed by atoms with Crippen LogP contribution in [0.1, 0.15) is 0 Å². The average molecular weight is 314 g/mol. The number of rotatable bonds is 2. The molecule has 0 aliphatic carbocycles. The first kappa shape index (κ1) is 14.1. The summed E-state index contributed by atoms with van der Waals surface area (Å²) in [5.74, 6) is 0.634. The predicted molar refractivity (Wildman–Crippen MR) is 94.8 cm³/mol. The molecule has 0 bridgehead atoms. The number of aromatic nitrogens is 4. The van der Waals surface area contributed by atoms with Gasteiger partial charge in [0.2, 0.25) is 11.9 Å². The standard InChI is InChI=1S/C18H14N6/c19-17-22-16(23-18(20)24-17)13-10-15(11-6-2-1-3-7-11)21-14-9-5-4-8-12(13)14/h1-10H,(H4,19,20,22,23,24). The highest BCUT2D eigenvalue weighted by molar-refractivity contribution is 5.95. The van der Waals surface area contributed by atoms with E-state index in [1.807, 2.05) is 60.7 Å². The van der Waals surface area contributed by atoms with Crippen LogP contribution in [0, 0.1) is 0 Å². The van der Waals surface area contributed by atoms with Gasteiger partial charge in [-0.05, 0) is 12.1 Å². The minimum atomic E-state index is 0.0969. The molecule has 0 saturated heterocycles. The Morgan fingerprint density at radius 3 is 2.08 bits per heavy atom. The third-order valence-electron chi connectivity index (χ3n) is 3.70. The zero-order valence-corrected chi connectivity index (χ0v) is 12.7. The van der Waals surface area contributed by atoms with E-state index in [4.69, 9.17) is 16.5 Å². The molecule has 2 heterocycles. The second-order valence-electron chi connectivity index (χ2n) is 5.31. The Kier molecular flexibility index (Phi) is 3.28. The van der Waals surface area contributed by atoms with Crippen molar-refractivity contribution in [3.63, 3.8) is 0 Å². The summed E-state index contributed by atoms with van der Waals surface area (Å²) in [5, 5.41) is 0.933. The van der Waals surface area contributed by atoms with Crippen molar-refractivity contribution in [1.29, 1.82) is 0 Å². The van der Waals surface area contributed by atoms with Gasteiger partial charge in [-0.3, -0.25) is 0 Å². The van der Waals surface area contributed by atoms with Gasteiger partial charge in [0.15, 0.2) is 5.82 Å². The number of anilines is 2. The van der Waals surface area contributed by atoms with Gasteiger partial charge in [0, 0.05) is 16.5 Å². The van der Waals surface area contributed by atoms with Crippen molar-refractivity contribution in [3.05, 3.63) is 60.7 Å². The first-order valence-corrected chi connectivity index (χ1v) is 7.43. The highest BCUT2D eigenvalue weighted by Crippen LogP contribution is 2.30. The third kappa shape index (κ3) is 2.50. The molecule has 4 aromatic rings. The Morgan fingerprint density at radius 1 is 0.667 bits per heavy atom. The Hall–Kier alpha value is -3.54. The van der Waals surface area contributed by atoms with Gasteiger partial charge in [-0.25, -0.2) is 4.98 Å². The first-order valence-electron chi connectivity index (χ1n) is 7.43. The lowest BCUT2D eigenvalue weighted by molar-refractivity contribution is 1.09. The van der Waals surface area contributed by atoms with Crippen molar-refractivity contribution < 1.29 is 0 Å². The zero-order valence-electron chi connectivity index (χ0n) is 12.7. The molecule has 0 atom stereocenters. The van der Waals surface area contributed by atoms with Gasteiger partial charge in [0.05, 0.1) is 11.2 Å². The largest absolute Gasteiger partial charge is 0.368 e. The molecule has 0 saturated carbocycles. The van der Waals surface area contributed by atoms with E-state index in [1.54, 1.807) is 0 Å². The van der Waals surface area contributed by atoms with E-state index in [-0.39, 0.29) is 11.9 Å². The number of hydrogen-bond donors (Lipinski definition) is 2. The predicted octanol–water partition coefficient (Wildman–Crippen LogP) is 2.92. The summed E-state index contributed by atoms with van der Waals surface area (Å²) >= 11 is 0. The molecule has 24 heavy (non-hydrogen) atoms. The van der Waals surface area contributed by atoms with Gasteiger partial charge in [0.1, 0.15) is 0 Å². The van der Waals surface area contributed by atoms with E-state index < -0.39 is 0 Å². The van der Waals surface area contributed by atoms with Gasteiger partial charge >= 0.3 is 0 Å². The molecule has 4 rings (SSSR count). The summed E-state index contributed by atoms with van der Waals surface area (Å²) < 4.78 is 0. The van der Waals surface area contributed by atoms with E-state index in [2.05, 4.69) is 15.0 Å². The number of fused-ring (bicyclic) bond motifs is 1. The molecule has 0 amide bonds. The SMILES string of the molecule is Nc1nc(N)nc(-c2cc(-c3ccccc3)nc3ccccc23)n1. The number of para-hydroxylation sites is 1. The molecule has 6 heteroatoms. The number of nitrogens with two attached hydrogens (primary N) is 2. The third-order valence-corrected chi connectivity index (χ3v) is 3.70. The van der Waals surface area contributed by atoms with E-state index in [9.17, 15) is 0 Å². The lowest BCUT2D eigenvalue weighted by atomic mass is 10.0. The van der Waals surface area contributed by atoms with Crippen LogP contribution in [0.5, 0.6) is 0 Å². The molecule has 0 fully saturated rings. The van der Waals surface area contributed by atoms with Gasteiger partial charge < -0.3 is 11.5 Å². The summed E-state index contributed by atoms with van der Waals surface area (Å²) in [6, 6.07) is 19.7. The van der Waals surface area contributed by atoms with Crippen LogP contribution in [-0.4, -0.2) is 19.9 Å². The van der Waals surface area contributed by atoms with Crippen LogP contribution in [0.2, 0.25) is 0 Å². The van der Waals surface area contributed by atoms with Gasteiger partial charge in [-0.15, -0.1) is 0 Å². The number of benzene rings is 2. The fourth-order valence-corrected chi connectivity index (χ4v) is 2.65. The van der Waals surface area contributed by atoms with E-state index >= 15 is 0 Å². The van der Waals surface area contributed by atoms with Crippen molar-refractivity contribution in [1.82, 2.24) is 19.9 Å². The zero-order chi connectivity index (χ0) is 16.5. The lowest BCUT2D eigenvalue weighted by Crippen LogP contribution is -2.04. The minimum absolute atomic E-state index is 0.0969. The summed E-state index contributed by atoms with van der Waals surface area (Å²) in [4.78, 5) is 17.1. The number of nitrogen functional groups attached to an aromatic ring is 2. The van der Waals surface area contributed by atoms with Crippen molar-refractivity contribution in [3.8, 4) is 22.6 Å². The number of hydrogen-bond acceptors (Lipinski definition) is 6. The van der Waals surface area contributed by atoms with Crippen LogP contribution in [-0.2, 0) is 0 Å². The molecule has 0 spiro atoms. The Bertz CT molecular complexity index is 1010. The lowest BCUT2D eigenvalue weighted by Gasteiger charge is -2.09. The quantitative estimate of drug-likeness (QED) is 0.589. The summed E-state index contributed by atoms with van der Waals surface area (Å²) in [7, 11) is 0. The van der Waals surface area contributed by atoms with Crippen LogP contribution >= 0.6 is 0 Å². The van der Waals surface area contributed by atoms with E-state index in [0.717, 1.165) is 27.7 Å². The molecule has 0 aliphatic rings. The maximum absolute atomic E-state index is 5.73. The van der Waals surface area contributed by atoms with Gasteiger partial charge in [0.25, 0.3) is 0 Å². The summed E-state index contributed by atoms with van der Waals surface area (Å²) in [6.07, 6.45) is 0. The smallest absolute Gasteiger partial charge is 0.225 e.